The van der Waals surface area contributed by atoms with E-state index in [0.29, 0.717) is 12.8 Å². The summed E-state index contributed by atoms with van der Waals surface area (Å²) >= 11 is 0. The first-order valence-electron chi connectivity index (χ1n) is 5.59. The molecule has 0 aromatic carbocycles. The fraction of sp³-hybridized carbons (Fsp3) is 0.818. The molecule has 6 heteroatoms. The molecule has 0 saturated heterocycles. The van der Waals surface area contributed by atoms with Crippen LogP contribution >= 0.6 is 0 Å². The average molecular weight is 247 g/mol. The van der Waals surface area contributed by atoms with E-state index in [1.807, 2.05) is 0 Å². The smallest absolute Gasteiger partial charge is 0.408 e. The molecule has 100 valence electrons. The first-order chi connectivity index (χ1) is 7.76. The van der Waals surface area contributed by atoms with E-state index in [0.717, 1.165) is 0 Å². The Morgan fingerprint density at radius 1 is 1.29 bits per heavy atom. The van der Waals surface area contributed by atoms with Crippen LogP contribution in [0.3, 0.4) is 0 Å². The highest BCUT2D eigenvalue weighted by Crippen LogP contribution is 2.08. The average Bonchev–Trinajstić information content (AvgIpc) is 2.13. The number of amides is 1. The molecule has 0 aliphatic rings. The summed E-state index contributed by atoms with van der Waals surface area (Å²) in [6, 6.07) is -0.976. The van der Waals surface area contributed by atoms with Gasteiger partial charge in [-0.2, -0.15) is 0 Å². The van der Waals surface area contributed by atoms with E-state index in [-0.39, 0.29) is 13.0 Å². The van der Waals surface area contributed by atoms with Gasteiger partial charge in [0.25, 0.3) is 0 Å². The maximum Gasteiger partial charge on any atom is 0.408 e. The van der Waals surface area contributed by atoms with Crippen molar-refractivity contribution in [3.63, 3.8) is 0 Å². The van der Waals surface area contributed by atoms with Crippen LogP contribution < -0.4 is 5.32 Å². The topological polar surface area (TPSA) is 95.9 Å². The summed E-state index contributed by atoms with van der Waals surface area (Å²) in [4.78, 5) is 22.2. The lowest BCUT2D eigenvalue weighted by atomic mass is 10.1. The standard InChI is InChI=1S/C11H21NO5/c1-11(2,3)17-10(16)12-8(9(14)15)6-4-5-7-13/h8,13H,4-7H2,1-3H3,(H,12,16)(H,14,15)/t8-/m0/s1. The number of aliphatic hydroxyl groups is 1. The third kappa shape index (κ3) is 8.50. The van der Waals surface area contributed by atoms with Crippen LogP contribution in [-0.2, 0) is 9.53 Å². The van der Waals surface area contributed by atoms with E-state index in [4.69, 9.17) is 14.9 Å². The Morgan fingerprint density at radius 2 is 1.88 bits per heavy atom. The summed E-state index contributed by atoms with van der Waals surface area (Å²) in [6.07, 6.45) is 0.576. The Morgan fingerprint density at radius 3 is 2.29 bits per heavy atom. The van der Waals surface area contributed by atoms with E-state index in [9.17, 15) is 9.59 Å². The molecule has 0 unspecified atom stereocenters. The predicted octanol–water partition coefficient (Wildman–Crippen LogP) is 1.13. The molecule has 0 saturated carbocycles. The molecule has 0 radical (unpaired) electrons. The fourth-order valence-electron chi connectivity index (χ4n) is 1.17. The van der Waals surface area contributed by atoms with Gasteiger partial charge in [0, 0.05) is 6.61 Å². The minimum atomic E-state index is -1.10. The summed E-state index contributed by atoms with van der Waals surface area (Å²) in [5.74, 6) is -1.10. The van der Waals surface area contributed by atoms with Gasteiger partial charge >= 0.3 is 12.1 Å². The molecule has 0 aromatic heterocycles. The van der Waals surface area contributed by atoms with Gasteiger partial charge < -0.3 is 20.3 Å². The molecule has 3 N–H and O–H groups in total. The Bertz CT molecular complexity index is 259. The second-order valence-corrected chi connectivity index (χ2v) is 4.76. The van der Waals surface area contributed by atoms with Gasteiger partial charge in [0.1, 0.15) is 11.6 Å². The second kappa shape index (κ2) is 7.11. The lowest BCUT2D eigenvalue weighted by Gasteiger charge is -2.21. The van der Waals surface area contributed by atoms with Gasteiger partial charge in [-0.15, -0.1) is 0 Å². The van der Waals surface area contributed by atoms with Crippen molar-refractivity contribution < 1.29 is 24.5 Å². The summed E-state index contributed by atoms with van der Waals surface area (Å²) in [5, 5.41) is 19.8. The zero-order valence-electron chi connectivity index (χ0n) is 10.5. The first-order valence-corrected chi connectivity index (χ1v) is 5.59. The number of ether oxygens (including phenoxy) is 1. The van der Waals surface area contributed by atoms with Crippen molar-refractivity contribution in [1.82, 2.24) is 5.32 Å². The van der Waals surface area contributed by atoms with Crippen LogP contribution in [0.5, 0.6) is 0 Å². The van der Waals surface area contributed by atoms with Gasteiger partial charge in [0.2, 0.25) is 0 Å². The van der Waals surface area contributed by atoms with Crippen molar-refractivity contribution >= 4 is 12.1 Å². The number of nitrogens with one attached hydrogen (secondary N) is 1. The summed E-state index contributed by atoms with van der Waals surface area (Å²) in [5.41, 5.74) is -0.655. The van der Waals surface area contributed by atoms with Crippen LogP contribution in [0.4, 0.5) is 4.79 Å². The van der Waals surface area contributed by atoms with Gasteiger partial charge in [-0.1, -0.05) is 0 Å². The van der Waals surface area contributed by atoms with Crippen LogP contribution in [0.25, 0.3) is 0 Å². The van der Waals surface area contributed by atoms with E-state index < -0.39 is 23.7 Å². The minimum absolute atomic E-state index is 0.0127. The molecule has 0 spiro atoms. The van der Waals surface area contributed by atoms with Gasteiger partial charge in [0.05, 0.1) is 0 Å². The highest BCUT2D eigenvalue weighted by atomic mass is 16.6. The number of aliphatic hydroxyl groups excluding tert-OH is 1. The highest BCUT2D eigenvalue weighted by molar-refractivity contribution is 5.79. The Hall–Kier alpha value is -1.30. The molecular weight excluding hydrogens is 226 g/mol. The number of carboxylic acid groups (broad SMARTS) is 1. The third-order valence-electron chi connectivity index (χ3n) is 1.89. The Labute approximate surface area is 101 Å². The van der Waals surface area contributed by atoms with E-state index >= 15 is 0 Å². The minimum Gasteiger partial charge on any atom is -0.480 e. The van der Waals surface area contributed by atoms with Gasteiger partial charge in [-0.25, -0.2) is 9.59 Å². The number of carbonyl (C=O) groups is 2. The number of carbonyl (C=O) groups excluding carboxylic acids is 1. The predicted molar refractivity (Wildman–Crippen MR) is 61.7 cm³/mol. The maximum absolute atomic E-state index is 11.4. The van der Waals surface area contributed by atoms with E-state index in [1.165, 1.54) is 0 Å². The monoisotopic (exact) mass is 247 g/mol. The third-order valence-corrected chi connectivity index (χ3v) is 1.89. The first kappa shape index (κ1) is 15.7. The Balaban J connectivity index is 4.16. The summed E-state index contributed by atoms with van der Waals surface area (Å²) < 4.78 is 4.96. The molecule has 0 bridgehead atoms. The van der Waals surface area contributed by atoms with Gasteiger partial charge in [0.15, 0.2) is 0 Å². The van der Waals surface area contributed by atoms with E-state index in [1.54, 1.807) is 20.8 Å². The number of aliphatic carboxylic acids is 1. The van der Waals surface area contributed by atoms with Gasteiger partial charge in [-0.3, -0.25) is 0 Å². The molecule has 1 amide bonds. The second-order valence-electron chi connectivity index (χ2n) is 4.76. The number of hydrogen-bond acceptors (Lipinski definition) is 4. The highest BCUT2D eigenvalue weighted by Gasteiger charge is 2.23. The molecule has 17 heavy (non-hydrogen) atoms. The molecule has 0 fully saturated rings. The normalized spacial score (nSPS) is 12.9. The number of carboxylic acids is 1. The lowest BCUT2D eigenvalue weighted by Crippen LogP contribution is -2.43. The number of hydrogen-bond donors (Lipinski definition) is 3. The largest absolute Gasteiger partial charge is 0.480 e. The van der Waals surface area contributed by atoms with Crippen LogP contribution in [-0.4, -0.2) is 40.5 Å². The van der Waals surface area contributed by atoms with Crippen LogP contribution in [0, 0.1) is 0 Å². The maximum atomic E-state index is 11.4. The van der Waals surface area contributed by atoms with Crippen molar-refractivity contribution in [1.29, 1.82) is 0 Å². The number of rotatable bonds is 6. The van der Waals surface area contributed by atoms with E-state index in [2.05, 4.69) is 5.32 Å². The number of unbranched alkanes of at least 4 members (excludes halogenated alkanes) is 1. The molecule has 0 aromatic rings. The van der Waals surface area contributed by atoms with Crippen molar-refractivity contribution in [3.8, 4) is 0 Å². The summed E-state index contributed by atoms with van der Waals surface area (Å²) in [7, 11) is 0. The molecule has 0 rings (SSSR count). The number of alkyl carbamates (subject to hydrolysis) is 1. The molecule has 0 aliphatic carbocycles. The molecule has 0 heterocycles. The van der Waals surface area contributed by atoms with Gasteiger partial charge in [-0.05, 0) is 40.0 Å². The van der Waals surface area contributed by atoms with Crippen molar-refractivity contribution in [2.24, 2.45) is 0 Å². The van der Waals surface area contributed by atoms with Crippen LogP contribution in [0.2, 0.25) is 0 Å². The summed E-state index contributed by atoms with van der Waals surface area (Å²) in [6.45, 7) is 5.12. The van der Waals surface area contributed by atoms with Crippen molar-refractivity contribution in [2.75, 3.05) is 6.61 Å². The van der Waals surface area contributed by atoms with Crippen molar-refractivity contribution in [2.45, 2.75) is 51.7 Å². The van der Waals surface area contributed by atoms with Crippen LogP contribution in [0.1, 0.15) is 40.0 Å². The lowest BCUT2D eigenvalue weighted by molar-refractivity contribution is -0.139. The molecule has 1 atom stereocenters. The molecular formula is C11H21NO5. The molecule has 6 nitrogen and oxygen atoms in total. The zero-order chi connectivity index (χ0) is 13.5. The quantitative estimate of drug-likeness (QED) is 0.611. The van der Waals surface area contributed by atoms with Crippen LogP contribution in [0.15, 0.2) is 0 Å². The zero-order valence-corrected chi connectivity index (χ0v) is 10.5. The SMILES string of the molecule is CC(C)(C)OC(=O)N[C@@H](CCCCO)C(=O)O. The fourth-order valence-corrected chi connectivity index (χ4v) is 1.17. The molecule has 0 aliphatic heterocycles. The van der Waals surface area contributed by atoms with Crippen molar-refractivity contribution in [3.05, 3.63) is 0 Å². The Kier molecular flexibility index (Phi) is 6.57.